The molecule has 0 saturated heterocycles. The molecule has 1 amide bonds. The molecule has 1 aromatic heterocycles. The van der Waals surface area contributed by atoms with Crippen molar-refractivity contribution < 1.29 is 14.3 Å². The average molecular weight is 315 g/mol. The van der Waals surface area contributed by atoms with Gasteiger partial charge in [0.2, 0.25) is 5.91 Å². The number of carbonyl (C=O) groups excluding carboxylic acids is 1. The fourth-order valence-corrected chi connectivity index (χ4v) is 2.08. The highest BCUT2D eigenvalue weighted by molar-refractivity contribution is 5.93. The first-order chi connectivity index (χ1) is 11.0. The van der Waals surface area contributed by atoms with Crippen LogP contribution >= 0.6 is 0 Å². The summed E-state index contributed by atoms with van der Waals surface area (Å²) in [5.74, 6) is 0.806. The number of amides is 1. The lowest BCUT2D eigenvalue weighted by atomic mass is 10.2. The van der Waals surface area contributed by atoms with Gasteiger partial charge in [-0.05, 0) is 26.0 Å². The Balaban J connectivity index is 2.18. The van der Waals surface area contributed by atoms with Crippen LogP contribution in [0.5, 0.6) is 11.5 Å². The third-order valence-electron chi connectivity index (χ3n) is 3.43. The summed E-state index contributed by atoms with van der Waals surface area (Å²) in [6.45, 7) is 3.37. The van der Waals surface area contributed by atoms with Crippen molar-refractivity contribution in [1.82, 2.24) is 15.0 Å². The minimum Gasteiger partial charge on any atom is -0.493 e. The van der Waals surface area contributed by atoms with Gasteiger partial charge in [0.25, 0.3) is 0 Å². The number of hydrogen-bond acceptors (Lipinski definition) is 6. The van der Waals surface area contributed by atoms with Crippen molar-refractivity contribution in [2.75, 3.05) is 19.5 Å². The van der Waals surface area contributed by atoms with E-state index < -0.39 is 6.04 Å². The second kappa shape index (κ2) is 6.79. The molecular weight excluding hydrogens is 298 g/mol. The molecule has 0 saturated carbocycles. The summed E-state index contributed by atoms with van der Waals surface area (Å²) in [6, 6.07) is 6.39. The normalized spacial score (nSPS) is 11.4. The van der Waals surface area contributed by atoms with Gasteiger partial charge < -0.3 is 14.8 Å². The number of anilines is 1. The maximum Gasteiger partial charge on any atom is 0.249 e. The van der Waals surface area contributed by atoms with Crippen molar-refractivity contribution in [3.8, 4) is 17.6 Å². The fraction of sp³-hybridized carbons (Fsp3) is 0.333. The van der Waals surface area contributed by atoms with Crippen LogP contribution in [0.4, 0.5) is 5.69 Å². The van der Waals surface area contributed by atoms with Gasteiger partial charge >= 0.3 is 0 Å². The molecule has 2 rings (SSSR count). The molecule has 1 aromatic carbocycles. The van der Waals surface area contributed by atoms with E-state index in [1.54, 1.807) is 39.2 Å². The van der Waals surface area contributed by atoms with Gasteiger partial charge in [-0.1, -0.05) is 5.21 Å². The number of methoxy groups -OCH3 is 2. The Morgan fingerprint density at radius 3 is 2.61 bits per heavy atom. The lowest BCUT2D eigenvalue weighted by Gasteiger charge is -2.15. The number of nitrogens with zero attached hydrogens (tertiary/aromatic N) is 4. The molecule has 2 aromatic rings. The average Bonchev–Trinajstić information content (AvgIpc) is 2.94. The van der Waals surface area contributed by atoms with E-state index >= 15 is 0 Å². The van der Waals surface area contributed by atoms with Gasteiger partial charge in [0.15, 0.2) is 17.2 Å². The van der Waals surface area contributed by atoms with Crippen LogP contribution < -0.4 is 14.8 Å². The fourth-order valence-electron chi connectivity index (χ4n) is 2.08. The first-order valence-corrected chi connectivity index (χ1v) is 6.86. The summed E-state index contributed by atoms with van der Waals surface area (Å²) in [5.41, 5.74) is 1.32. The Hall–Kier alpha value is -3.08. The van der Waals surface area contributed by atoms with Crippen LogP contribution in [0.25, 0.3) is 0 Å². The smallest absolute Gasteiger partial charge is 0.249 e. The van der Waals surface area contributed by atoms with Crippen molar-refractivity contribution >= 4 is 11.6 Å². The zero-order valence-electron chi connectivity index (χ0n) is 13.3. The second-order valence-electron chi connectivity index (χ2n) is 4.81. The van der Waals surface area contributed by atoms with Crippen LogP contribution in [0.3, 0.4) is 0 Å². The van der Waals surface area contributed by atoms with Crippen LogP contribution in [0, 0.1) is 18.3 Å². The van der Waals surface area contributed by atoms with Gasteiger partial charge in [0.05, 0.1) is 19.9 Å². The molecule has 0 fully saturated rings. The predicted octanol–water partition coefficient (Wildman–Crippen LogP) is 1.68. The van der Waals surface area contributed by atoms with E-state index in [0.29, 0.717) is 22.9 Å². The van der Waals surface area contributed by atoms with E-state index in [4.69, 9.17) is 14.7 Å². The van der Waals surface area contributed by atoms with Crippen molar-refractivity contribution in [3.63, 3.8) is 0 Å². The highest BCUT2D eigenvalue weighted by Gasteiger charge is 2.20. The summed E-state index contributed by atoms with van der Waals surface area (Å²) in [4.78, 5) is 12.4. The van der Waals surface area contributed by atoms with Crippen molar-refractivity contribution in [2.24, 2.45) is 0 Å². The lowest BCUT2D eigenvalue weighted by Crippen LogP contribution is -2.25. The van der Waals surface area contributed by atoms with Crippen molar-refractivity contribution in [2.45, 2.75) is 19.9 Å². The number of benzene rings is 1. The van der Waals surface area contributed by atoms with E-state index in [0.717, 1.165) is 0 Å². The van der Waals surface area contributed by atoms with E-state index in [2.05, 4.69) is 15.6 Å². The lowest BCUT2D eigenvalue weighted by molar-refractivity contribution is -0.119. The Labute approximate surface area is 133 Å². The van der Waals surface area contributed by atoms with Gasteiger partial charge in [-0.15, -0.1) is 5.10 Å². The van der Waals surface area contributed by atoms with E-state index in [1.807, 2.05) is 6.07 Å². The predicted molar refractivity (Wildman–Crippen MR) is 82.4 cm³/mol. The summed E-state index contributed by atoms with van der Waals surface area (Å²) < 4.78 is 11.8. The van der Waals surface area contributed by atoms with Crippen LogP contribution in [0.15, 0.2) is 18.2 Å². The van der Waals surface area contributed by atoms with E-state index in [9.17, 15) is 4.79 Å². The first-order valence-electron chi connectivity index (χ1n) is 6.86. The van der Waals surface area contributed by atoms with Crippen LogP contribution in [0.1, 0.15) is 24.4 Å². The number of ether oxygens (including phenoxy) is 2. The number of hydrogen-bond donors (Lipinski definition) is 1. The Morgan fingerprint density at radius 1 is 1.35 bits per heavy atom. The summed E-state index contributed by atoms with van der Waals surface area (Å²) >= 11 is 0. The molecular formula is C15H17N5O3. The molecule has 120 valence electrons. The Bertz CT molecular complexity index is 763. The standard InChI is InChI=1S/C15H17N5O3/c1-9-12(8-16)18-19-20(9)10(2)15(21)17-11-5-6-13(22-3)14(7-11)23-4/h5-7,10H,1-4H3,(H,17,21). The SMILES string of the molecule is COc1ccc(NC(=O)C(C)n2nnc(C#N)c2C)cc1OC. The third kappa shape index (κ3) is 3.23. The molecule has 1 heterocycles. The zero-order valence-corrected chi connectivity index (χ0v) is 13.3. The second-order valence-corrected chi connectivity index (χ2v) is 4.81. The minimum absolute atomic E-state index is 0.204. The van der Waals surface area contributed by atoms with Gasteiger partial charge in [-0.25, -0.2) is 4.68 Å². The van der Waals surface area contributed by atoms with Gasteiger partial charge in [0.1, 0.15) is 12.1 Å². The van der Waals surface area contributed by atoms with Gasteiger partial charge in [0, 0.05) is 11.8 Å². The van der Waals surface area contributed by atoms with E-state index in [-0.39, 0.29) is 11.6 Å². The summed E-state index contributed by atoms with van der Waals surface area (Å²) in [5, 5.41) is 19.3. The van der Waals surface area contributed by atoms with Gasteiger partial charge in [-0.2, -0.15) is 5.26 Å². The van der Waals surface area contributed by atoms with Gasteiger partial charge in [-0.3, -0.25) is 4.79 Å². The molecule has 1 unspecified atom stereocenters. The van der Waals surface area contributed by atoms with E-state index in [1.165, 1.54) is 11.8 Å². The van der Waals surface area contributed by atoms with Crippen molar-refractivity contribution in [1.29, 1.82) is 5.26 Å². The number of aromatic nitrogens is 3. The largest absolute Gasteiger partial charge is 0.493 e. The molecule has 8 nitrogen and oxygen atoms in total. The topological polar surface area (TPSA) is 102 Å². The number of rotatable bonds is 5. The maximum absolute atomic E-state index is 12.4. The third-order valence-corrected chi connectivity index (χ3v) is 3.43. The molecule has 1 N–H and O–H groups in total. The molecule has 0 aliphatic rings. The summed E-state index contributed by atoms with van der Waals surface area (Å²) in [6.07, 6.45) is 0. The maximum atomic E-state index is 12.4. The van der Waals surface area contributed by atoms with Crippen molar-refractivity contribution in [3.05, 3.63) is 29.6 Å². The summed E-state index contributed by atoms with van der Waals surface area (Å²) in [7, 11) is 3.06. The minimum atomic E-state index is -0.613. The highest BCUT2D eigenvalue weighted by Crippen LogP contribution is 2.30. The molecule has 0 aliphatic carbocycles. The van der Waals surface area contributed by atoms with Crippen LogP contribution in [-0.4, -0.2) is 35.1 Å². The molecule has 0 radical (unpaired) electrons. The van der Waals surface area contributed by atoms with Crippen LogP contribution in [0.2, 0.25) is 0 Å². The number of nitrogens with one attached hydrogen (secondary N) is 1. The molecule has 8 heteroatoms. The molecule has 1 atom stereocenters. The highest BCUT2D eigenvalue weighted by atomic mass is 16.5. The molecule has 23 heavy (non-hydrogen) atoms. The monoisotopic (exact) mass is 315 g/mol. The Morgan fingerprint density at radius 2 is 2.04 bits per heavy atom. The number of nitriles is 1. The zero-order chi connectivity index (χ0) is 17.0. The molecule has 0 spiro atoms. The first kappa shape index (κ1) is 16.3. The molecule has 0 aliphatic heterocycles. The quantitative estimate of drug-likeness (QED) is 0.900. The Kier molecular flexibility index (Phi) is 4.81. The molecule has 0 bridgehead atoms. The number of carbonyl (C=O) groups is 1. The van der Waals surface area contributed by atoms with Crippen LogP contribution in [-0.2, 0) is 4.79 Å².